The summed E-state index contributed by atoms with van der Waals surface area (Å²) in [5, 5.41) is 5.02. The molecule has 3 aromatic rings. The summed E-state index contributed by atoms with van der Waals surface area (Å²) in [4.78, 5) is 4.12. The SMILES string of the molecule is CCOc1cc(CNCCOc2ccccn2)c(Cl)cc1OCc1ccc(Cl)cc1Cl. The minimum atomic E-state index is 0.273. The summed E-state index contributed by atoms with van der Waals surface area (Å²) >= 11 is 18.7. The number of pyridine rings is 1. The number of nitrogens with zero attached hydrogens (tertiary/aromatic N) is 1. The molecule has 0 saturated carbocycles. The van der Waals surface area contributed by atoms with E-state index in [1.807, 2.05) is 37.3 Å². The lowest BCUT2D eigenvalue weighted by Crippen LogP contribution is -2.21. The second-order valence-electron chi connectivity index (χ2n) is 6.54. The van der Waals surface area contributed by atoms with Crippen LogP contribution >= 0.6 is 34.8 Å². The fourth-order valence-corrected chi connectivity index (χ4v) is 3.45. The number of hydrogen-bond donors (Lipinski definition) is 1. The predicted octanol–water partition coefficient (Wildman–Crippen LogP) is 6.19. The van der Waals surface area contributed by atoms with Crippen molar-refractivity contribution in [3.63, 3.8) is 0 Å². The molecule has 0 unspecified atom stereocenters. The minimum absolute atomic E-state index is 0.273. The van der Waals surface area contributed by atoms with Crippen LogP contribution in [0, 0.1) is 0 Å². The van der Waals surface area contributed by atoms with Crippen LogP contribution in [0.5, 0.6) is 17.4 Å². The van der Waals surface area contributed by atoms with Crippen molar-refractivity contribution in [2.45, 2.75) is 20.1 Å². The second kappa shape index (κ2) is 12.0. The van der Waals surface area contributed by atoms with Gasteiger partial charge >= 0.3 is 0 Å². The number of hydrogen-bond acceptors (Lipinski definition) is 5. The third-order valence-corrected chi connectivity index (χ3v) is 5.23. The second-order valence-corrected chi connectivity index (χ2v) is 7.79. The van der Waals surface area contributed by atoms with Gasteiger partial charge in [-0.3, -0.25) is 0 Å². The first-order valence-electron chi connectivity index (χ1n) is 9.83. The molecule has 0 aliphatic heterocycles. The van der Waals surface area contributed by atoms with Gasteiger partial charge in [0.15, 0.2) is 11.5 Å². The Balaban J connectivity index is 1.58. The molecular weight excluding hydrogens is 459 g/mol. The van der Waals surface area contributed by atoms with E-state index in [9.17, 15) is 0 Å². The molecule has 0 bridgehead atoms. The van der Waals surface area contributed by atoms with Crippen LogP contribution in [-0.4, -0.2) is 24.7 Å². The van der Waals surface area contributed by atoms with Gasteiger partial charge in [-0.1, -0.05) is 46.9 Å². The standard InChI is InChI=1S/C23H23Cl3N2O3/c1-2-29-21-11-17(14-27-9-10-30-23-5-3-4-8-28-23)20(26)13-22(21)31-15-16-6-7-18(24)12-19(16)25/h3-8,11-13,27H,2,9-10,14-15H2,1H3. The third kappa shape index (κ3) is 7.18. The third-order valence-electron chi connectivity index (χ3n) is 4.29. The number of nitrogens with one attached hydrogen (secondary N) is 1. The molecule has 8 heteroatoms. The topological polar surface area (TPSA) is 52.6 Å². The van der Waals surface area contributed by atoms with E-state index in [2.05, 4.69) is 10.3 Å². The lowest BCUT2D eigenvalue weighted by molar-refractivity contribution is 0.269. The van der Waals surface area contributed by atoms with Crippen molar-refractivity contribution in [2.75, 3.05) is 19.8 Å². The largest absolute Gasteiger partial charge is 0.490 e. The van der Waals surface area contributed by atoms with Gasteiger partial charge in [0.05, 0.1) is 6.61 Å². The molecule has 0 aliphatic carbocycles. The number of rotatable bonds is 11. The van der Waals surface area contributed by atoms with E-state index in [0.717, 1.165) is 11.1 Å². The highest BCUT2D eigenvalue weighted by molar-refractivity contribution is 6.35. The molecule has 0 fully saturated rings. The van der Waals surface area contributed by atoms with E-state index in [4.69, 9.17) is 49.0 Å². The van der Waals surface area contributed by atoms with Gasteiger partial charge in [0.25, 0.3) is 0 Å². The zero-order chi connectivity index (χ0) is 22.1. The zero-order valence-corrected chi connectivity index (χ0v) is 19.3. The first-order chi connectivity index (χ1) is 15.1. The fraction of sp³-hybridized carbons (Fsp3) is 0.261. The highest BCUT2D eigenvalue weighted by atomic mass is 35.5. The minimum Gasteiger partial charge on any atom is -0.490 e. The Hall–Kier alpha value is -2.18. The quantitative estimate of drug-likeness (QED) is 0.331. The van der Waals surface area contributed by atoms with Crippen LogP contribution in [-0.2, 0) is 13.2 Å². The maximum atomic E-state index is 6.48. The Morgan fingerprint density at radius 1 is 0.871 bits per heavy atom. The molecule has 0 saturated heterocycles. The van der Waals surface area contributed by atoms with E-state index in [0.29, 0.717) is 58.8 Å². The van der Waals surface area contributed by atoms with Gasteiger partial charge in [-0.05, 0) is 36.8 Å². The van der Waals surface area contributed by atoms with Crippen LogP contribution in [0.25, 0.3) is 0 Å². The molecule has 1 heterocycles. The van der Waals surface area contributed by atoms with E-state index in [1.54, 1.807) is 24.4 Å². The molecule has 31 heavy (non-hydrogen) atoms. The van der Waals surface area contributed by atoms with Crippen molar-refractivity contribution in [1.82, 2.24) is 10.3 Å². The smallest absolute Gasteiger partial charge is 0.213 e. The zero-order valence-electron chi connectivity index (χ0n) is 17.0. The molecule has 1 aromatic heterocycles. The van der Waals surface area contributed by atoms with Gasteiger partial charge in [-0.25, -0.2) is 4.98 Å². The molecule has 0 atom stereocenters. The lowest BCUT2D eigenvalue weighted by atomic mass is 10.2. The normalized spacial score (nSPS) is 10.7. The maximum absolute atomic E-state index is 6.48. The molecule has 5 nitrogen and oxygen atoms in total. The Kier molecular flexibility index (Phi) is 9.10. The van der Waals surface area contributed by atoms with Crippen molar-refractivity contribution >= 4 is 34.8 Å². The summed E-state index contributed by atoms with van der Waals surface area (Å²) in [5.74, 6) is 1.78. The van der Waals surface area contributed by atoms with Crippen molar-refractivity contribution in [1.29, 1.82) is 0 Å². The summed E-state index contributed by atoms with van der Waals surface area (Å²) in [6, 6.07) is 14.5. The van der Waals surface area contributed by atoms with Gasteiger partial charge in [-0.15, -0.1) is 0 Å². The molecule has 164 valence electrons. The van der Waals surface area contributed by atoms with Gasteiger partial charge in [0.2, 0.25) is 5.88 Å². The predicted molar refractivity (Wildman–Crippen MR) is 125 cm³/mol. The summed E-state index contributed by atoms with van der Waals surface area (Å²) < 4.78 is 17.3. The Bertz CT molecular complexity index is 987. The maximum Gasteiger partial charge on any atom is 0.213 e. The Morgan fingerprint density at radius 2 is 1.68 bits per heavy atom. The molecule has 0 spiro atoms. The first kappa shape index (κ1) is 23.5. The highest BCUT2D eigenvalue weighted by Crippen LogP contribution is 2.35. The average Bonchev–Trinajstić information content (AvgIpc) is 2.76. The molecule has 0 radical (unpaired) electrons. The molecule has 1 N–H and O–H groups in total. The molecule has 0 aliphatic rings. The van der Waals surface area contributed by atoms with Crippen molar-refractivity contribution in [2.24, 2.45) is 0 Å². The van der Waals surface area contributed by atoms with Crippen molar-refractivity contribution in [3.05, 3.63) is 80.9 Å². The van der Waals surface area contributed by atoms with Crippen LogP contribution in [0.15, 0.2) is 54.7 Å². The Morgan fingerprint density at radius 3 is 2.42 bits per heavy atom. The lowest BCUT2D eigenvalue weighted by Gasteiger charge is -2.16. The number of halogens is 3. The number of ether oxygens (including phenoxy) is 3. The van der Waals surface area contributed by atoms with E-state index in [1.165, 1.54) is 0 Å². The van der Waals surface area contributed by atoms with E-state index in [-0.39, 0.29) is 6.61 Å². The number of aromatic nitrogens is 1. The van der Waals surface area contributed by atoms with Gasteiger partial charge in [0.1, 0.15) is 13.2 Å². The summed E-state index contributed by atoms with van der Waals surface area (Å²) in [7, 11) is 0. The van der Waals surface area contributed by atoms with Gasteiger partial charge in [0, 0.05) is 52.1 Å². The van der Waals surface area contributed by atoms with Gasteiger partial charge < -0.3 is 19.5 Å². The van der Waals surface area contributed by atoms with Crippen molar-refractivity contribution in [3.8, 4) is 17.4 Å². The van der Waals surface area contributed by atoms with Crippen LogP contribution in [0.4, 0.5) is 0 Å². The van der Waals surface area contributed by atoms with Gasteiger partial charge in [-0.2, -0.15) is 0 Å². The van der Waals surface area contributed by atoms with Crippen LogP contribution in [0.2, 0.25) is 15.1 Å². The van der Waals surface area contributed by atoms with Crippen LogP contribution in [0.1, 0.15) is 18.1 Å². The molecule has 3 rings (SSSR count). The monoisotopic (exact) mass is 480 g/mol. The van der Waals surface area contributed by atoms with E-state index >= 15 is 0 Å². The number of benzene rings is 2. The van der Waals surface area contributed by atoms with E-state index < -0.39 is 0 Å². The summed E-state index contributed by atoms with van der Waals surface area (Å²) in [6.07, 6.45) is 1.70. The van der Waals surface area contributed by atoms with Crippen LogP contribution < -0.4 is 19.5 Å². The first-order valence-corrected chi connectivity index (χ1v) is 11.0. The molecule has 2 aromatic carbocycles. The average molecular weight is 482 g/mol. The van der Waals surface area contributed by atoms with Crippen molar-refractivity contribution < 1.29 is 14.2 Å². The fourth-order valence-electron chi connectivity index (χ4n) is 2.77. The van der Waals surface area contributed by atoms with Crippen LogP contribution in [0.3, 0.4) is 0 Å². The Labute approximate surface area is 197 Å². The molecular formula is C23H23Cl3N2O3. The summed E-state index contributed by atoms with van der Waals surface area (Å²) in [5.41, 5.74) is 1.73. The highest BCUT2D eigenvalue weighted by Gasteiger charge is 2.12. The summed E-state index contributed by atoms with van der Waals surface area (Å²) in [6.45, 7) is 4.40. The molecule has 0 amide bonds.